The molecule has 2 rings (SSSR count). The average Bonchev–Trinajstić information content (AvgIpc) is 2.46. The van der Waals surface area contributed by atoms with Crippen LogP contribution in [0.15, 0.2) is 12.1 Å². The second kappa shape index (κ2) is 10.1. The summed E-state index contributed by atoms with van der Waals surface area (Å²) in [6.45, 7) is 9.97. The quantitative estimate of drug-likeness (QED) is 0.653. The summed E-state index contributed by atoms with van der Waals surface area (Å²) in [5, 5.41) is 10.2. The monoisotopic (exact) mass is 452 g/mol. The Hall–Kier alpha value is -0.0400. The molecule has 0 spiro atoms. The second-order valence-electron chi connectivity index (χ2n) is 6.85. The van der Waals surface area contributed by atoms with Crippen molar-refractivity contribution in [3.05, 3.63) is 26.8 Å². The molecule has 0 amide bonds. The number of phenolic OH excluding ortho intramolecular Hbond substituents is 1. The lowest BCUT2D eigenvalue weighted by atomic mass is 9.99. The smallest absolute Gasteiger partial charge is 0.123 e. The zero-order valence-electron chi connectivity index (χ0n) is 14.5. The minimum atomic E-state index is 0. The van der Waals surface area contributed by atoms with E-state index < -0.39 is 0 Å². The van der Waals surface area contributed by atoms with Crippen LogP contribution in [-0.2, 0) is 6.54 Å². The third kappa shape index (κ3) is 6.77. The summed E-state index contributed by atoms with van der Waals surface area (Å²) in [4.78, 5) is 4.91. The van der Waals surface area contributed by atoms with Gasteiger partial charge in [0.15, 0.2) is 0 Å². The Kier molecular flexibility index (Phi) is 9.19. The van der Waals surface area contributed by atoms with Crippen LogP contribution in [0.1, 0.15) is 37.3 Å². The highest BCUT2D eigenvalue weighted by Gasteiger charge is 2.15. The van der Waals surface area contributed by atoms with Crippen LogP contribution >= 0.6 is 35.0 Å². The molecule has 0 bridgehead atoms. The van der Waals surface area contributed by atoms with Crippen molar-refractivity contribution in [2.45, 2.75) is 39.7 Å². The molecule has 0 saturated carbocycles. The van der Waals surface area contributed by atoms with E-state index in [1.807, 2.05) is 13.0 Å². The van der Waals surface area contributed by atoms with Gasteiger partial charge in [0.05, 0.1) is 0 Å². The van der Waals surface area contributed by atoms with Crippen LogP contribution in [0.25, 0.3) is 0 Å². The van der Waals surface area contributed by atoms with Crippen LogP contribution in [0.5, 0.6) is 5.75 Å². The molecule has 1 aromatic carbocycles. The summed E-state index contributed by atoms with van der Waals surface area (Å²) >= 11 is 2.32. The maximum atomic E-state index is 10.2. The van der Waals surface area contributed by atoms with Crippen LogP contribution in [0, 0.1) is 16.4 Å². The number of hydrogen-bond acceptors (Lipinski definition) is 3. The highest BCUT2D eigenvalue weighted by Crippen LogP contribution is 2.25. The molecule has 0 aromatic heterocycles. The Morgan fingerprint density at radius 1 is 1.30 bits per heavy atom. The first-order valence-corrected chi connectivity index (χ1v) is 9.42. The van der Waals surface area contributed by atoms with E-state index in [9.17, 15) is 5.11 Å². The van der Waals surface area contributed by atoms with Crippen LogP contribution in [0.2, 0.25) is 0 Å². The lowest BCUT2D eigenvalue weighted by Gasteiger charge is -2.30. The Morgan fingerprint density at radius 2 is 1.96 bits per heavy atom. The van der Waals surface area contributed by atoms with Gasteiger partial charge >= 0.3 is 0 Å². The summed E-state index contributed by atoms with van der Waals surface area (Å²) in [6, 6.07) is 4.11. The van der Waals surface area contributed by atoms with E-state index in [1.165, 1.54) is 42.5 Å². The Labute approximate surface area is 161 Å². The van der Waals surface area contributed by atoms with Gasteiger partial charge in [0.1, 0.15) is 5.75 Å². The molecule has 1 aliphatic rings. The topological polar surface area (TPSA) is 26.7 Å². The SMILES string of the molecule is Cc1cc(I)cc(CN(C)CCCN2CCC(C)CC2)c1O.Cl. The van der Waals surface area contributed by atoms with Crippen molar-refractivity contribution >= 4 is 35.0 Å². The van der Waals surface area contributed by atoms with E-state index in [-0.39, 0.29) is 12.4 Å². The van der Waals surface area contributed by atoms with E-state index in [1.54, 1.807) is 0 Å². The summed E-state index contributed by atoms with van der Waals surface area (Å²) in [5.41, 5.74) is 2.01. The number of nitrogens with zero attached hydrogens (tertiary/aromatic N) is 2. The molecule has 3 nitrogen and oxygen atoms in total. The van der Waals surface area contributed by atoms with Gasteiger partial charge in [-0.1, -0.05) is 6.92 Å². The molecule has 1 heterocycles. The highest BCUT2D eigenvalue weighted by molar-refractivity contribution is 14.1. The van der Waals surface area contributed by atoms with Crippen molar-refractivity contribution in [1.82, 2.24) is 9.80 Å². The predicted molar refractivity (Wildman–Crippen MR) is 109 cm³/mol. The Bertz CT molecular complexity index is 490. The van der Waals surface area contributed by atoms with Gasteiger partial charge in [-0.05, 0) is 106 Å². The zero-order valence-corrected chi connectivity index (χ0v) is 17.5. The van der Waals surface area contributed by atoms with Gasteiger partial charge < -0.3 is 14.9 Å². The number of halogens is 2. The zero-order chi connectivity index (χ0) is 16.1. The molecule has 0 atom stereocenters. The number of phenols is 1. The Balaban J connectivity index is 0.00000264. The van der Waals surface area contributed by atoms with Crippen molar-refractivity contribution in [2.75, 3.05) is 33.2 Å². The van der Waals surface area contributed by atoms with Crippen molar-refractivity contribution in [3.8, 4) is 5.75 Å². The van der Waals surface area contributed by atoms with Crippen molar-refractivity contribution in [1.29, 1.82) is 0 Å². The highest BCUT2D eigenvalue weighted by atomic mass is 127. The molecule has 0 aliphatic carbocycles. The molecule has 1 saturated heterocycles. The van der Waals surface area contributed by atoms with Gasteiger partial charge in [-0.2, -0.15) is 0 Å². The molecular formula is C18H30ClIN2O. The van der Waals surface area contributed by atoms with Crippen LogP contribution < -0.4 is 0 Å². The number of rotatable bonds is 6. The maximum absolute atomic E-state index is 10.2. The lowest BCUT2D eigenvalue weighted by Crippen LogP contribution is -2.35. The maximum Gasteiger partial charge on any atom is 0.123 e. The number of hydrogen-bond donors (Lipinski definition) is 1. The lowest BCUT2D eigenvalue weighted by molar-refractivity contribution is 0.181. The fourth-order valence-electron chi connectivity index (χ4n) is 3.15. The third-order valence-electron chi connectivity index (χ3n) is 4.67. The van der Waals surface area contributed by atoms with Gasteiger partial charge in [-0.15, -0.1) is 12.4 Å². The van der Waals surface area contributed by atoms with Gasteiger partial charge in [-0.25, -0.2) is 0 Å². The first kappa shape index (κ1) is 21.0. The summed E-state index contributed by atoms with van der Waals surface area (Å²) in [7, 11) is 2.15. The molecule has 132 valence electrons. The average molecular weight is 453 g/mol. The number of benzene rings is 1. The standard InChI is InChI=1S/C18H29IN2O.ClH/c1-14-5-9-21(10-6-14)8-4-7-20(3)13-16-12-17(19)11-15(2)18(16)22;/h11-12,14,22H,4-10,13H2,1-3H3;1H. The fourth-order valence-corrected chi connectivity index (χ4v) is 3.99. The number of aromatic hydroxyl groups is 1. The molecule has 23 heavy (non-hydrogen) atoms. The molecule has 1 aromatic rings. The molecular weight excluding hydrogens is 423 g/mol. The molecule has 1 aliphatic heterocycles. The Morgan fingerprint density at radius 3 is 2.61 bits per heavy atom. The van der Waals surface area contributed by atoms with Gasteiger partial charge in [0.2, 0.25) is 0 Å². The molecule has 1 fully saturated rings. The molecule has 0 radical (unpaired) electrons. The van der Waals surface area contributed by atoms with Gasteiger partial charge in [-0.3, -0.25) is 0 Å². The normalized spacial score (nSPS) is 16.6. The predicted octanol–water partition coefficient (Wildman–Crippen LogP) is 4.28. The summed E-state index contributed by atoms with van der Waals surface area (Å²) in [6.07, 6.45) is 3.91. The van der Waals surface area contributed by atoms with Crippen LogP contribution in [0.3, 0.4) is 0 Å². The van der Waals surface area contributed by atoms with Crippen LogP contribution in [0.4, 0.5) is 0 Å². The first-order valence-electron chi connectivity index (χ1n) is 8.34. The fraction of sp³-hybridized carbons (Fsp3) is 0.667. The van der Waals surface area contributed by atoms with E-state index >= 15 is 0 Å². The van der Waals surface area contributed by atoms with Crippen molar-refractivity contribution < 1.29 is 5.11 Å². The van der Waals surface area contributed by atoms with E-state index in [4.69, 9.17) is 0 Å². The minimum absolute atomic E-state index is 0. The van der Waals surface area contributed by atoms with Gasteiger partial charge in [0, 0.05) is 15.7 Å². The van der Waals surface area contributed by atoms with Crippen molar-refractivity contribution in [2.24, 2.45) is 5.92 Å². The first-order chi connectivity index (χ1) is 10.5. The van der Waals surface area contributed by atoms with E-state index in [2.05, 4.69) is 52.4 Å². The van der Waals surface area contributed by atoms with E-state index in [0.29, 0.717) is 5.75 Å². The minimum Gasteiger partial charge on any atom is -0.507 e. The largest absolute Gasteiger partial charge is 0.507 e. The van der Waals surface area contributed by atoms with Gasteiger partial charge in [0.25, 0.3) is 0 Å². The number of piperidine rings is 1. The van der Waals surface area contributed by atoms with Crippen molar-refractivity contribution in [3.63, 3.8) is 0 Å². The molecule has 5 heteroatoms. The molecule has 0 unspecified atom stereocenters. The summed E-state index contributed by atoms with van der Waals surface area (Å²) in [5.74, 6) is 1.36. The number of likely N-dealkylation sites (tertiary alicyclic amines) is 1. The van der Waals surface area contributed by atoms with E-state index in [0.717, 1.165) is 30.1 Å². The molecule has 1 N–H and O–H groups in total. The third-order valence-corrected chi connectivity index (χ3v) is 5.30. The second-order valence-corrected chi connectivity index (χ2v) is 8.09. The summed E-state index contributed by atoms with van der Waals surface area (Å²) < 4.78 is 1.19. The number of aryl methyl sites for hydroxylation is 1. The van der Waals surface area contributed by atoms with Crippen LogP contribution in [-0.4, -0.2) is 48.1 Å².